The summed E-state index contributed by atoms with van der Waals surface area (Å²) < 4.78 is 32.4. The number of ether oxygens (including phenoxy) is 1. The van der Waals surface area contributed by atoms with E-state index in [-0.39, 0.29) is 11.9 Å². The summed E-state index contributed by atoms with van der Waals surface area (Å²) >= 11 is 0. The Bertz CT molecular complexity index is 621. The fourth-order valence-corrected chi connectivity index (χ4v) is 3.46. The van der Waals surface area contributed by atoms with Gasteiger partial charge in [0.2, 0.25) is 0 Å². The van der Waals surface area contributed by atoms with Crippen molar-refractivity contribution < 1.29 is 18.4 Å². The first-order valence-electron chi connectivity index (χ1n) is 9.70. The van der Waals surface area contributed by atoms with Crippen LogP contribution >= 0.6 is 0 Å². The van der Waals surface area contributed by atoms with Gasteiger partial charge in [0.25, 0.3) is 0 Å². The van der Waals surface area contributed by atoms with Crippen LogP contribution in [0.25, 0.3) is 0 Å². The van der Waals surface area contributed by atoms with Gasteiger partial charge in [0, 0.05) is 31.7 Å². The minimum Gasteiger partial charge on any atom is -0.399 e. The first-order valence-corrected chi connectivity index (χ1v) is 9.70. The second kappa shape index (κ2) is 7.59. The van der Waals surface area contributed by atoms with Gasteiger partial charge in [0.05, 0.1) is 17.3 Å². The third-order valence-electron chi connectivity index (χ3n) is 5.86. The molecule has 0 saturated carbocycles. The summed E-state index contributed by atoms with van der Waals surface area (Å²) in [6.45, 7) is 13.6. The number of hydrogen-bond donors (Lipinski definition) is 0. The molecule has 26 heavy (non-hydrogen) atoms. The standard InChI is InChI=1S/C20H31BFNO3/c1-6-16-14-23(10-7-11-24-16)13-15-8-9-18(22)17(12-15)21-25-19(2,3)20(4,5)26-21/h8-9,12,16H,6-7,10-11,13-14H2,1-5H3. The summed E-state index contributed by atoms with van der Waals surface area (Å²) in [4.78, 5) is 2.39. The average molecular weight is 363 g/mol. The minimum absolute atomic E-state index is 0.278. The third-order valence-corrected chi connectivity index (χ3v) is 5.86. The lowest BCUT2D eigenvalue weighted by molar-refractivity contribution is 0.00578. The fraction of sp³-hybridized carbons (Fsp3) is 0.700. The van der Waals surface area contributed by atoms with Gasteiger partial charge in [-0.3, -0.25) is 4.90 Å². The number of hydrogen-bond acceptors (Lipinski definition) is 4. The zero-order valence-electron chi connectivity index (χ0n) is 16.7. The minimum atomic E-state index is -0.671. The van der Waals surface area contributed by atoms with Gasteiger partial charge >= 0.3 is 7.12 Å². The smallest absolute Gasteiger partial charge is 0.399 e. The Hall–Kier alpha value is -0.945. The SMILES string of the molecule is CCC1CN(Cc2ccc(F)c(B3OC(C)(C)C(C)(C)O3)c2)CCCO1. The maximum Gasteiger partial charge on any atom is 0.497 e. The van der Waals surface area contributed by atoms with E-state index in [1.165, 1.54) is 6.07 Å². The van der Waals surface area contributed by atoms with Crippen LogP contribution in [0.5, 0.6) is 0 Å². The summed E-state index contributed by atoms with van der Waals surface area (Å²) in [5, 5.41) is 0. The second-order valence-electron chi connectivity index (χ2n) is 8.43. The number of rotatable bonds is 4. The largest absolute Gasteiger partial charge is 0.497 e. The van der Waals surface area contributed by atoms with Crippen molar-refractivity contribution in [3.63, 3.8) is 0 Å². The van der Waals surface area contributed by atoms with E-state index in [0.717, 1.165) is 44.6 Å². The number of nitrogens with zero attached hydrogens (tertiary/aromatic N) is 1. The van der Waals surface area contributed by atoms with Crippen LogP contribution in [-0.4, -0.2) is 49.0 Å². The number of halogens is 1. The van der Waals surface area contributed by atoms with Crippen molar-refractivity contribution in [1.82, 2.24) is 4.90 Å². The van der Waals surface area contributed by atoms with E-state index in [1.54, 1.807) is 0 Å². The Morgan fingerprint density at radius 1 is 1.19 bits per heavy atom. The molecule has 0 spiro atoms. The molecule has 2 saturated heterocycles. The normalized spacial score (nSPS) is 26.1. The van der Waals surface area contributed by atoms with Crippen LogP contribution in [0.15, 0.2) is 18.2 Å². The maximum absolute atomic E-state index is 14.5. The quantitative estimate of drug-likeness (QED) is 0.770. The van der Waals surface area contributed by atoms with Gasteiger partial charge < -0.3 is 14.0 Å². The summed E-state index contributed by atoms with van der Waals surface area (Å²) in [6, 6.07) is 5.28. The van der Waals surface area contributed by atoms with Crippen molar-refractivity contribution in [2.45, 2.75) is 71.3 Å². The molecule has 4 nitrogen and oxygen atoms in total. The zero-order valence-corrected chi connectivity index (χ0v) is 16.7. The first kappa shape index (κ1) is 19.8. The molecule has 0 aromatic heterocycles. The van der Waals surface area contributed by atoms with E-state index in [1.807, 2.05) is 39.8 Å². The maximum atomic E-state index is 14.5. The Morgan fingerprint density at radius 3 is 2.54 bits per heavy atom. The zero-order chi connectivity index (χ0) is 18.9. The van der Waals surface area contributed by atoms with Gasteiger partial charge in [0.15, 0.2) is 0 Å². The van der Waals surface area contributed by atoms with E-state index < -0.39 is 18.3 Å². The molecule has 2 aliphatic heterocycles. The molecule has 2 heterocycles. The molecule has 2 fully saturated rings. The first-order chi connectivity index (χ1) is 12.2. The van der Waals surface area contributed by atoms with Crippen molar-refractivity contribution in [3.8, 4) is 0 Å². The molecule has 0 aliphatic carbocycles. The van der Waals surface area contributed by atoms with Crippen molar-refractivity contribution in [2.75, 3.05) is 19.7 Å². The molecular weight excluding hydrogens is 332 g/mol. The van der Waals surface area contributed by atoms with Crippen LogP contribution in [0.3, 0.4) is 0 Å². The molecule has 1 aromatic rings. The van der Waals surface area contributed by atoms with Crippen LogP contribution < -0.4 is 5.46 Å². The molecule has 0 amide bonds. The van der Waals surface area contributed by atoms with E-state index in [9.17, 15) is 4.39 Å². The van der Waals surface area contributed by atoms with E-state index in [0.29, 0.717) is 5.46 Å². The number of benzene rings is 1. The molecule has 0 N–H and O–H groups in total. The second-order valence-corrected chi connectivity index (χ2v) is 8.43. The topological polar surface area (TPSA) is 30.9 Å². The van der Waals surface area contributed by atoms with Gasteiger partial charge in [-0.05, 0) is 52.2 Å². The lowest BCUT2D eigenvalue weighted by Crippen LogP contribution is -2.41. The highest BCUT2D eigenvalue weighted by Crippen LogP contribution is 2.36. The fourth-order valence-electron chi connectivity index (χ4n) is 3.46. The van der Waals surface area contributed by atoms with Crippen molar-refractivity contribution in [2.24, 2.45) is 0 Å². The van der Waals surface area contributed by atoms with Crippen LogP contribution in [0.4, 0.5) is 4.39 Å². The molecule has 2 aliphatic rings. The van der Waals surface area contributed by atoms with E-state index in [2.05, 4.69) is 11.8 Å². The molecule has 0 radical (unpaired) electrons. The molecule has 1 aromatic carbocycles. The lowest BCUT2D eigenvalue weighted by Gasteiger charge is -2.32. The highest BCUT2D eigenvalue weighted by atomic mass is 19.1. The van der Waals surface area contributed by atoms with Crippen molar-refractivity contribution >= 4 is 12.6 Å². The summed E-state index contributed by atoms with van der Waals surface area (Å²) in [7, 11) is -0.671. The Kier molecular flexibility index (Phi) is 5.78. The molecular formula is C20H31BFNO3. The summed E-state index contributed by atoms with van der Waals surface area (Å²) in [5.41, 5.74) is 0.611. The van der Waals surface area contributed by atoms with E-state index >= 15 is 0 Å². The van der Waals surface area contributed by atoms with Crippen LogP contribution in [0.1, 0.15) is 53.0 Å². The monoisotopic (exact) mass is 363 g/mol. The lowest BCUT2D eigenvalue weighted by atomic mass is 9.78. The Morgan fingerprint density at radius 2 is 1.88 bits per heavy atom. The van der Waals surface area contributed by atoms with Crippen LogP contribution in [0.2, 0.25) is 0 Å². The predicted molar refractivity (Wildman–Crippen MR) is 102 cm³/mol. The summed E-state index contributed by atoms with van der Waals surface area (Å²) in [5.74, 6) is -0.280. The Labute approximate surface area is 157 Å². The van der Waals surface area contributed by atoms with E-state index in [4.69, 9.17) is 14.0 Å². The summed E-state index contributed by atoms with van der Waals surface area (Å²) in [6.07, 6.45) is 2.32. The molecule has 1 unspecified atom stereocenters. The predicted octanol–water partition coefficient (Wildman–Crippen LogP) is 3.13. The highest BCUT2D eigenvalue weighted by molar-refractivity contribution is 6.62. The highest BCUT2D eigenvalue weighted by Gasteiger charge is 2.52. The Balaban J connectivity index is 1.76. The van der Waals surface area contributed by atoms with Gasteiger partial charge in [-0.15, -0.1) is 0 Å². The molecule has 6 heteroatoms. The van der Waals surface area contributed by atoms with Gasteiger partial charge in [-0.2, -0.15) is 0 Å². The molecule has 1 atom stereocenters. The van der Waals surface area contributed by atoms with Crippen molar-refractivity contribution in [3.05, 3.63) is 29.6 Å². The van der Waals surface area contributed by atoms with Crippen molar-refractivity contribution in [1.29, 1.82) is 0 Å². The third kappa shape index (κ3) is 4.14. The van der Waals surface area contributed by atoms with Crippen LogP contribution in [0, 0.1) is 5.82 Å². The van der Waals surface area contributed by atoms with Gasteiger partial charge in [-0.1, -0.05) is 19.1 Å². The average Bonchev–Trinajstić information content (AvgIpc) is 2.72. The van der Waals surface area contributed by atoms with Crippen LogP contribution in [-0.2, 0) is 20.6 Å². The van der Waals surface area contributed by atoms with Gasteiger partial charge in [0.1, 0.15) is 5.82 Å². The molecule has 0 bridgehead atoms. The molecule has 3 rings (SSSR count). The van der Waals surface area contributed by atoms with Gasteiger partial charge in [-0.25, -0.2) is 4.39 Å². The molecule has 144 valence electrons.